The minimum Gasteiger partial charge on any atom is -0.309 e. The maximum absolute atomic E-state index is 4.26. The fourth-order valence-electron chi connectivity index (χ4n) is 8.32. The summed E-state index contributed by atoms with van der Waals surface area (Å²) < 4.78 is 2.38. The zero-order chi connectivity index (χ0) is 34.8. The molecule has 0 amide bonds. The summed E-state index contributed by atoms with van der Waals surface area (Å²) in [5.41, 5.74) is 18.3. The van der Waals surface area contributed by atoms with E-state index in [-0.39, 0.29) is 5.41 Å². The number of hydrogen-bond acceptors (Lipinski definition) is 2. The molecule has 6 aromatic carbocycles. The molecule has 1 aliphatic carbocycles. The Kier molecular flexibility index (Phi) is 6.84. The molecule has 9 aromatic rings. The molecule has 0 aliphatic heterocycles. The smallest absolute Gasteiger partial charge is 0.0541 e. The predicted molar refractivity (Wildman–Crippen MR) is 216 cm³/mol. The van der Waals surface area contributed by atoms with Crippen LogP contribution in [0.4, 0.5) is 0 Å². The molecular formula is C49H35N3. The van der Waals surface area contributed by atoms with Crippen molar-refractivity contribution < 1.29 is 0 Å². The summed E-state index contributed by atoms with van der Waals surface area (Å²) in [5.74, 6) is 0. The molecule has 3 heteroatoms. The molecule has 0 unspecified atom stereocenters. The van der Waals surface area contributed by atoms with Crippen molar-refractivity contribution in [2.24, 2.45) is 0 Å². The fourth-order valence-corrected chi connectivity index (χ4v) is 8.32. The highest BCUT2D eigenvalue weighted by Crippen LogP contribution is 2.51. The van der Waals surface area contributed by atoms with Gasteiger partial charge in [0.25, 0.3) is 0 Å². The lowest BCUT2D eigenvalue weighted by molar-refractivity contribution is 0.661. The van der Waals surface area contributed by atoms with Gasteiger partial charge in [0.05, 0.1) is 11.0 Å². The number of nitrogens with zero attached hydrogens (tertiary/aromatic N) is 3. The predicted octanol–water partition coefficient (Wildman–Crippen LogP) is 12.5. The number of para-hydroxylation sites is 2. The summed E-state index contributed by atoms with van der Waals surface area (Å²) in [6.45, 7) is 4.73. The van der Waals surface area contributed by atoms with E-state index in [1.54, 1.807) is 0 Å². The van der Waals surface area contributed by atoms with E-state index in [1.165, 1.54) is 83.1 Å². The van der Waals surface area contributed by atoms with Gasteiger partial charge in [0, 0.05) is 46.7 Å². The lowest BCUT2D eigenvalue weighted by Gasteiger charge is -2.23. The fraction of sp³-hybridized carbons (Fsp3) is 0.0612. The maximum Gasteiger partial charge on any atom is 0.0541 e. The van der Waals surface area contributed by atoms with Crippen LogP contribution in [0.2, 0.25) is 0 Å². The van der Waals surface area contributed by atoms with Crippen LogP contribution in [0.15, 0.2) is 176 Å². The Balaban J connectivity index is 1.02. The molecular weight excluding hydrogens is 631 g/mol. The number of benzene rings is 6. The third-order valence-electron chi connectivity index (χ3n) is 11.0. The molecule has 0 radical (unpaired) electrons. The number of rotatable bonds is 5. The molecule has 0 spiro atoms. The molecule has 10 rings (SSSR count). The third-order valence-corrected chi connectivity index (χ3v) is 11.0. The normalized spacial score (nSPS) is 13.0. The van der Waals surface area contributed by atoms with E-state index in [2.05, 4.69) is 180 Å². The summed E-state index contributed by atoms with van der Waals surface area (Å²) in [6, 6.07) is 55.6. The summed E-state index contributed by atoms with van der Waals surface area (Å²) in [7, 11) is 0. The molecule has 1 aliphatic rings. The maximum atomic E-state index is 4.26. The second kappa shape index (κ2) is 11.8. The topological polar surface area (TPSA) is 30.7 Å². The Bertz CT molecular complexity index is 2680. The summed E-state index contributed by atoms with van der Waals surface area (Å²) in [6.07, 6.45) is 7.44. The Morgan fingerprint density at radius 1 is 0.385 bits per heavy atom. The average molecular weight is 666 g/mol. The summed E-state index contributed by atoms with van der Waals surface area (Å²) >= 11 is 0. The first kappa shape index (κ1) is 30.3. The van der Waals surface area contributed by atoms with E-state index >= 15 is 0 Å². The third kappa shape index (κ3) is 4.81. The van der Waals surface area contributed by atoms with Gasteiger partial charge in [0.15, 0.2) is 0 Å². The molecule has 3 nitrogen and oxygen atoms in total. The van der Waals surface area contributed by atoms with Gasteiger partial charge in [-0.05, 0) is 146 Å². The van der Waals surface area contributed by atoms with E-state index in [0.717, 1.165) is 11.1 Å². The summed E-state index contributed by atoms with van der Waals surface area (Å²) in [4.78, 5) is 8.51. The van der Waals surface area contributed by atoms with Crippen molar-refractivity contribution in [2.45, 2.75) is 19.3 Å². The van der Waals surface area contributed by atoms with Crippen LogP contribution in [0.25, 0.3) is 83.1 Å². The van der Waals surface area contributed by atoms with E-state index in [1.807, 2.05) is 24.8 Å². The van der Waals surface area contributed by atoms with Crippen LogP contribution in [0.3, 0.4) is 0 Å². The Hall–Kier alpha value is -6.58. The Labute approximate surface area is 303 Å². The summed E-state index contributed by atoms with van der Waals surface area (Å²) in [5, 5.41) is 2.56. The van der Waals surface area contributed by atoms with E-state index < -0.39 is 0 Å². The molecule has 0 atom stereocenters. The van der Waals surface area contributed by atoms with Gasteiger partial charge < -0.3 is 4.57 Å². The minimum atomic E-state index is -0.157. The zero-order valence-electron chi connectivity index (χ0n) is 29.1. The minimum absolute atomic E-state index is 0.157. The van der Waals surface area contributed by atoms with E-state index in [9.17, 15) is 0 Å². The van der Waals surface area contributed by atoms with Crippen LogP contribution in [0.5, 0.6) is 0 Å². The van der Waals surface area contributed by atoms with Crippen LogP contribution < -0.4 is 0 Å². The van der Waals surface area contributed by atoms with Crippen LogP contribution in [-0.4, -0.2) is 14.5 Å². The lowest BCUT2D eigenvalue weighted by atomic mass is 9.80. The lowest BCUT2D eigenvalue weighted by Crippen LogP contribution is -2.15. The first-order chi connectivity index (χ1) is 25.5. The molecule has 3 aromatic heterocycles. The van der Waals surface area contributed by atoms with Gasteiger partial charge in [0.2, 0.25) is 0 Å². The number of fused-ring (bicyclic) bond motifs is 6. The quantitative estimate of drug-likeness (QED) is 0.183. The molecule has 246 valence electrons. The second-order valence-corrected chi connectivity index (χ2v) is 14.3. The van der Waals surface area contributed by atoms with Crippen LogP contribution in [0, 0.1) is 0 Å². The van der Waals surface area contributed by atoms with E-state index in [4.69, 9.17) is 0 Å². The number of pyridine rings is 2. The van der Waals surface area contributed by atoms with Crippen LogP contribution >= 0.6 is 0 Å². The van der Waals surface area contributed by atoms with Crippen molar-refractivity contribution in [3.63, 3.8) is 0 Å². The van der Waals surface area contributed by atoms with Crippen molar-refractivity contribution in [3.05, 3.63) is 188 Å². The highest BCUT2D eigenvalue weighted by atomic mass is 15.0. The Morgan fingerprint density at radius 3 is 1.29 bits per heavy atom. The van der Waals surface area contributed by atoms with Gasteiger partial charge in [-0.15, -0.1) is 0 Å². The van der Waals surface area contributed by atoms with Crippen molar-refractivity contribution in [2.75, 3.05) is 0 Å². The highest BCUT2D eigenvalue weighted by Gasteiger charge is 2.36. The largest absolute Gasteiger partial charge is 0.309 e. The Morgan fingerprint density at radius 2 is 0.788 bits per heavy atom. The first-order valence-electron chi connectivity index (χ1n) is 17.9. The average Bonchev–Trinajstić information content (AvgIpc) is 3.66. The second-order valence-electron chi connectivity index (χ2n) is 14.3. The van der Waals surface area contributed by atoms with Crippen molar-refractivity contribution in [3.8, 4) is 61.3 Å². The highest BCUT2D eigenvalue weighted by molar-refractivity contribution is 6.09. The first-order valence-corrected chi connectivity index (χ1v) is 17.9. The zero-order valence-corrected chi connectivity index (χ0v) is 29.1. The van der Waals surface area contributed by atoms with E-state index in [0.29, 0.717) is 0 Å². The molecule has 0 bridgehead atoms. The van der Waals surface area contributed by atoms with Crippen LogP contribution in [0.1, 0.15) is 25.0 Å². The molecule has 0 fully saturated rings. The van der Waals surface area contributed by atoms with Gasteiger partial charge in [-0.1, -0.05) is 86.6 Å². The van der Waals surface area contributed by atoms with Gasteiger partial charge in [0.1, 0.15) is 0 Å². The number of aromatic nitrogens is 3. The molecule has 3 heterocycles. The van der Waals surface area contributed by atoms with Crippen molar-refractivity contribution in [1.82, 2.24) is 14.5 Å². The standard InChI is InChI=1S/C49H35N3/c1-49(2)45-30-35(32-11-15-40(16-12-32)52-47-9-5-3-7-43(47)44-8-4-6-10-48(44)52)13-17-41(45)42-18-14-36(31-46(42)49)39-28-37(33-19-23-50-24-20-33)27-38(29-39)34-21-25-51-26-22-34/h3-31H,1-2H3. The SMILES string of the molecule is CC1(C)c2cc(-c3ccc(-n4c5ccccc5c5ccccc54)cc3)ccc2-c2ccc(-c3cc(-c4ccncc4)cc(-c4ccncc4)c3)cc21. The van der Waals surface area contributed by atoms with Gasteiger partial charge >= 0.3 is 0 Å². The van der Waals surface area contributed by atoms with Crippen molar-refractivity contribution >= 4 is 21.8 Å². The molecule has 0 saturated carbocycles. The molecule has 0 N–H and O–H groups in total. The monoisotopic (exact) mass is 665 g/mol. The van der Waals surface area contributed by atoms with Gasteiger partial charge in [-0.3, -0.25) is 9.97 Å². The molecule has 52 heavy (non-hydrogen) atoms. The van der Waals surface area contributed by atoms with Crippen LogP contribution in [-0.2, 0) is 5.41 Å². The number of hydrogen-bond donors (Lipinski definition) is 0. The van der Waals surface area contributed by atoms with Gasteiger partial charge in [-0.25, -0.2) is 0 Å². The molecule has 0 saturated heterocycles. The van der Waals surface area contributed by atoms with Crippen molar-refractivity contribution in [1.29, 1.82) is 0 Å². The van der Waals surface area contributed by atoms with Gasteiger partial charge in [-0.2, -0.15) is 0 Å².